The van der Waals surface area contributed by atoms with Gasteiger partial charge in [-0.25, -0.2) is 12.8 Å². The van der Waals surface area contributed by atoms with Crippen LogP contribution in [-0.4, -0.2) is 128 Å². The Balaban J connectivity index is 1.58. The van der Waals surface area contributed by atoms with E-state index in [1.165, 1.54) is 4.90 Å². The largest absolute Gasteiger partial charge is 0.480 e. The van der Waals surface area contributed by atoms with Gasteiger partial charge in [-0.3, -0.25) is 29.0 Å². The fourth-order valence-corrected chi connectivity index (χ4v) is 6.37. The Kier molecular flexibility index (Phi) is 10.7. The summed E-state index contributed by atoms with van der Waals surface area (Å²) in [5.41, 5.74) is 0.917. The number of aliphatic carboxylic acids is 1. The third-order valence-corrected chi connectivity index (χ3v) is 9.03. The first-order valence-corrected chi connectivity index (χ1v) is 15.5. The quantitative estimate of drug-likeness (QED) is 0.293. The molecule has 0 unspecified atom stereocenters. The van der Waals surface area contributed by atoms with E-state index in [4.69, 9.17) is 0 Å². The third-order valence-electron chi connectivity index (χ3n) is 7.54. The second kappa shape index (κ2) is 14.4. The molecule has 242 valence electrons. The maximum Gasteiger partial charge on any atom is 0.323 e. The van der Waals surface area contributed by atoms with E-state index in [1.54, 1.807) is 12.4 Å². The van der Waals surface area contributed by atoms with E-state index in [1.807, 2.05) is 17.0 Å². The van der Waals surface area contributed by atoms with Crippen LogP contribution in [0.3, 0.4) is 0 Å². The SMILES string of the molecule is COC(=O)C[C@@H]1C(=O)N(CC(=O)O)CCN1C(=O)[C@H](CC(=O)N1CCN(c2ccncc2)CC1)NS(=O)(=O)c1ccc(F)cc1. The van der Waals surface area contributed by atoms with Gasteiger partial charge >= 0.3 is 11.9 Å². The number of hydrogen-bond acceptors (Lipinski definition) is 10. The maximum atomic E-state index is 14.0. The molecule has 4 rings (SSSR count). The van der Waals surface area contributed by atoms with Gasteiger partial charge in [-0.05, 0) is 36.4 Å². The highest BCUT2D eigenvalue weighted by molar-refractivity contribution is 7.89. The van der Waals surface area contributed by atoms with Crippen LogP contribution in [0.1, 0.15) is 12.8 Å². The molecule has 2 aliphatic rings. The van der Waals surface area contributed by atoms with E-state index >= 15 is 0 Å². The Hall–Kier alpha value is -4.64. The highest BCUT2D eigenvalue weighted by Gasteiger charge is 2.43. The predicted molar refractivity (Wildman–Crippen MR) is 155 cm³/mol. The van der Waals surface area contributed by atoms with Gasteiger partial charge in [0.1, 0.15) is 24.4 Å². The lowest BCUT2D eigenvalue weighted by atomic mass is 10.0. The molecule has 2 saturated heterocycles. The number of piperazine rings is 2. The summed E-state index contributed by atoms with van der Waals surface area (Å²) in [5, 5.41) is 9.20. The van der Waals surface area contributed by atoms with E-state index in [0.717, 1.165) is 46.9 Å². The summed E-state index contributed by atoms with van der Waals surface area (Å²) in [5.74, 6) is -5.21. The van der Waals surface area contributed by atoms with Crippen molar-refractivity contribution in [3.63, 3.8) is 0 Å². The lowest BCUT2D eigenvalue weighted by Crippen LogP contribution is -2.63. The summed E-state index contributed by atoms with van der Waals surface area (Å²) in [6, 6.07) is 4.27. The minimum absolute atomic E-state index is 0.211. The fraction of sp³-hybridized carbons (Fsp3) is 0.429. The molecule has 17 heteroatoms. The normalized spacial score (nSPS) is 18.0. The standard InChI is InChI=1S/C28H33FN6O9S/c1-44-26(39)17-23-28(41)34(18-25(37)38)14-15-35(23)27(40)22(31-45(42,43)21-4-2-19(29)3-5-21)16-24(36)33-12-10-32(11-13-33)20-6-8-30-9-7-20/h2-9,22-23,31H,10-18H2,1H3,(H,37,38)/t22-,23+/m0/s1. The zero-order valence-corrected chi connectivity index (χ0v) is 25.2. The van der Waals surface area contributed by atoms with Gasteiger partial charge in [0.25, 0.3) is 0 Å². The number of nitrogens with one attached hydrogen (secondary N) is 1. The molecule has 2 atom stereocenters. The van der Waals surface area contributed by atoms with Gasteiger partial charge < -0.3 is 29.4 Å². The molecule has 1 aromatic carbocycles. The number of aromatic nitrogens is 1. The van der Waals surface area contributed by atoms with Crippen LogP contribution in [0.5, 0.6) is 0 Å². The van der Waals surface area contributed by atoms with Gasteiger partial charge in [-0.1, -0.05) is 0 Å². The molecular weight excluding hydrogens is 615 g/mol. The van der Waals surface area contributed by atoms with E-state index < -0.39 is 77.0 Å². The first-order chi connectivity index (χ1) is 21.4. The van der Waals surface area contributed by atoms with Crippen LogP contribution in [-0.2, 0) is 38.7 Å². The number of carboxylic acids is 1. The molecular formula is C28H33FN6O9S. The number of sulfonamides is 1. The van der Waals surface area contributed by atoms with E-state index in [0.29, 0.717) is 13.1 Å². The first-order valence-electron chi connectivity index (χ1n) is 14.0. The van der Waals surface area contributed by atoms with Crippen molar-refractivity contribution in [2.45, 2.75) is 29.8 Å². The smallest absolute Gasteiger partial charge is 0.323 e. The van der Waals surface area contributed by atoms with Gasteiger partial charge in [0.15, 0.2) is 0 Å². The monoisotopic (exact) mass is 648 g/mol. The predicted octanol–water partition coefficient (Wildman–Crippen LogP) is -0.706. The van der Waals surface area contributed by atoms with Crippen molar-refractivity contribution >= 4 is 45.4 Å². The Morgan fingerprint density at radius 1 is 1.02 bits per heavy atom. The average Bonchev–Trinajstić information content (AvgIpc) is 3.02. The summed E-state index contributed by atoms with van der Waals surface area (Å²) >= 11 is 0. The molecule has 2 aliphatic heterocycles. The Morgan fingerprint density at radius 2 is 1.67 bits per heavy atom. The Morgan fingerprint density at radius 3 is 2.27 bits per heavy atom. The molecule has 0 aliphatic carbocycles. The molecule has 15 nitrogen and oxygen atoms in total. The summed E-state index contributed by atoms with van der Waals surface area (Å²) in [4.78, 5) is 73.2. The van der Waals surface area contributed by atoms with Gasteiger partial charge in [0, 0.05) is 57.3 Å². The number of methoxy groups -OCH3 is 1. The van der Waals surface area contributed by atoms with Crippen LogP contribution in [0.2, 0.25) is 0 Å². The highest BCUT2D eigenvalue weighted by Crippen LogP contribution is 2.21. The van der Waals surface area contributed by atoms with Crippen LogP contribution in [0.25, 0.3) is 0 Å². The van der Waals surface area contributed by atoms with Crippen molar-refractivity contribution in [1.82, 2.24) is 24.4 Å². The summed E-state index contributed by atoms with van der Waals surface area (Å²) in [6.45, 7) is 0.370. The topological polar surface area (TPSA) is 187 Å². The zero-order chi connectivity index (χ0) is 32.7. The number of anilines is 1. The summed E-state index contributed by atoms with van der Waals surface area (Å²) < 4.78 is 47.0. The Labute approximate surface area is 258 Å². The van der Waals surface area contributed by atoms with Crippen molar-refractivity contribution in [2.24, 2.45) is 0 Å². The van der Waals surface area contributed by atoms with E-state index in [2.05, 4.69) is 14.4 Å². The second-order valence-corrected chi connectivity index (χ2v) is 12.1. The molecule has 0 bridgehead atoms. The molecule has 0 radical (unpaired) electrons. The van der Waals surface area contributed by atoms with Gasteiger partial charge in [-0.2, -0.15) is 4.72 Å². The Bertz CT molecular complexity index is 1520. The number of hydrogen-bond donors (Lipinski definition) is 2. The molecule has 2 aromatic rings. The lowest BCUT2D eigenvalue weighted by molar-refractivity contribution is -0.159. The minimum Gasteiger partial charge on any atom is -0.480 e. The van der Waals surface area contributed by atoms with Gasteiger partial charge in [0.05, 0.1) is 24.8 Å². The van der Waals surface area contributed by atoms with Crippen LogP contribution in [0, 0.1) is 5.82 Å². The molecule has 0 spiro atoms. The zero-order valence-electron chi connectivity index (χ0n) is 24.4. The number of nitrogens with zero attached hydrogens (tertiary/aromatic N) is 5. The number of ether oxygens (including phenoxy) is 1. The number of rotatable bonds is 11. The molecule has 3 amide bonds. The number of pyridine rings is 1. The number of benzene rings is 1. The molecule has 0 saturated carbocycles. The van der Waals surface area contributed by atoms with Crippen LogP contribution >= 0.6 is 0 Å². The molecule has 2 fully saturated rings. The first kappa shape index (κ1) is 33.3. The lowest BCUT2D eigenvalue weighted by Gasteiger charge is -2.41. The van der Waals surface area contributed by atoms with Crippen molar-refractivity contribution in [3.05, 3.63) is 54.6 Å². The van der Waals surface area contributed by atoms with E-state index in [9.17, 15) is 41.9 Å². The number of amides is 3. The third kappa shape index (κ3) is 8.30. The van der Waals surface area contributed by atoms with E-state index in [-0.39, 0.29) is 31.1 Å². The molecule has 1 aromatic heterocycles. The second-order valence-electron chi connectivity index (χ2n) is 10.4. The summed E-state index contributed by atoms with van der Waals surface area (Å²) in [7, 11) is -3.41. The van der Waals surface area contributed by atoms with Crippen LogP contribution in [0.4, 0.5) is 10.1 Å². The van der Waals surface area contributed by atoms with Crippen molar-refractivity contribution in [2.75, 3.05) is 57.8 Å². The average molecular weight is 649 g/mol. The maximum absolute atomic E-state index is 14.0. The van der Waals surface area contributed by atoms with Crippen LogP contribution in [0.15, 0.2) is 53.7 Å². The molecule has 45 heavy (non-hydrogen) atoms. The van der Waals surface area contributed by atoms with Crippen LogP contribution < -0.4 is 9.62 Å². The number of carbonyl (C=O) groups is 5. The molecule has 2 N–H and O–H groups in total. The number of esters is 1. The fourth-order valence-electron chi connectivity index (χ4n) is 5.18. The molecule has 3 heterocycles. The number of carbonyl (C=O) groups excluding carboxylic acids is 4. The van der Waals surface area contributed by atoms with Gasteiger partial charge in [0.2, 0.25) is 27.7 Å². The number of halogens is 1. The highest BCUT2D eigenvalue weighted by atomic mass is 32.2. The number of carboxylic acid groups (broad SMARTS) is 1. The van der Waals surface area contributed by atoms with Gasteiger partial charge in [-0.15, -0.1) is 0 Å². The summed E-state index contributed by atoms with van der Waals surface area (Å²) in [6.07, 6.45) is 2.05. The van der Waals surface area contributed by atoms with Crippen molar-refractivity contribution in [3.8, 4) is 0 Å². The minimum atomic E-state index is -4.48. The van der Waals surface area contributed by atoms with Crippen molar-refractivity contribution in [1.29, 1.82) is 0 Å². The van der Waals surface area contributed by atoms with Crippen molar-refractivity contribution < 1.29 is 46.6 Å².